The Morgan fingerprint density at radius 3 is 2.06 bits per heavy atom. The number of carbonyl (C=O) groups excluding carboxylic acids is 1. The van der Waals surface area contributed by atoms with Gasteiger partial charge < -0.3 is 18.6 Å². The van der Waals surface area contributed by atoms with Crippen LogP contribution in [0, 0.1) is 5.92 Å². The van der Waals surface area contributed by atoms with E-state index in [1.54, 1.807) is 0 Å². The van der Waals surface area contributed by atoms with Crippen molar-refractivity contribution in [2.75, 3.05) is 13.2 Å². The van der Waals surface area contributed by atoms with Crippen LogP contribution < -0.4 is 0 Å². The van der Waals surface area contributed by atoms with E-state index in [2.05, 4.69) is 0 Å². The highest BCUT2D eigenvalue weighted by Gasteiger charge is 2.77. The second-order valence-electron chi connectivity index (χ2n) is 9.48. The summed E-state index contributed by atoms with van der Waals surface area (Å²) in [6.45, 7) is 13.3. The zero-order chi connectivity index (χ0) is 25.0. The molecule has 0 N–H and O–H groups in total. The number of benzene rings is 1. The largest absolute Gasteiger partial charge is 0.464 e. The molecule has 0 bridgehead atoms. The monoisotopic (exact) mass is 490 g/mol. The van der Waals surface area contributed by atoms with E-state index in [0.29, 0.717) is 0 Å². The average Bonchev–Trinajstić information content (AvgIpc) is 2.69. The predicted octanol–water partition coefficient (Wildman–Crippen LogP) is 6.23. The Labute approximate surface area is 196 Å². The van der Waals surface area contributed by atoms with Gasteiger partial charge in [-0.05, 0) is 29.1 Å². The van der Waals surface area contributed by atoms with Crippen molar-refractivity contribution in [3.05, 3.63) is 35.9 Å². The van der Waals surface area contributed by atoms with Gasteiger partial charge in [0.1, 0.15) is 0 Å². The molecule has 188 valence electrons. The zero-order valence-electron chi connectivity index (χ0n) is 20.6. The molecule has 1 aliphatic rings. The third-order valence-electron chi connectivity index (χ3n) is 6.59. The highest BCUT2D eigenvalue weighted by atomic mass is 28.4. The summed E-state index contributed by atoms with van der Waals surface area (Å²) >= 11 is 0. The van der Waals surface area contributed by atoms with Crippen LogP contribution in [0.15, 0.2) is 30.3 Å². The highest BCUT2D eigenvalue weighted by Crippen LogP contribution is 2.54. The van der Waals surface area contributed by atoms with Gasteiger partial charge in [-0.2, -0.15) is 13.2 Å². The van der Waals surface area contributed by atoms with Crippen molar-refractivity contribution in [3.63, 3.8) is 0 Å². The van der Waals surface area contributed by atoms with Gasteiger partial charge in [0.2, 0.25) is 8.32 Å². The van der Waals surface area contributed by atoms with E-state index in [0.717, 1.165) is 5.56 Å². The molecule has 3 atom stereocenters. The molecular weight excluding hydrogens is 453 g/mol. The standard InChI is InChI=1S/C24H37F3O5Si/c1-8-30-22(28)23(24(25,26)27)20(15-29-14-19-12-10-9-11-13-19)21(31-23)32-33(16(2)3,17(4)5)18(6)7/h9-13,16-18,20-21H,8,14-15H2,1-7H3/t20-,21+,23-/m0/s1. The number of esters is 1. The Bertz CT molecular complexity index is 747. The third-order valence-corrected chi connectivity index (χ3v) is 12.6. The number of carbonyl (C=O) groups is 1. The topological polar surface area (TPSA) is 54.0 Å². The van der Waals surface area contributed by atoms with Crippen LogP contribution >= 0.6 is 0 Å². The van der Waals surface area contributed by atoms with Crippen molar-refractivity contribution in [3.8, 4) is 0 Å². The molecular formula is C24H37F3O5Si. The number of ether oxygens (including phenoxy) is 3. The number of alkyl halides is 3. The lowest BCUT2D eigenvalue weighted by Crippen LogP contribution is -2.75. The molecule has 0 aromatic heterocycles. The minimum absolute atomic E-state index is 0.113. The van der Waals surface area contributed by atoms with Crippen LogP contribution in [-0.2, 0) is 30.0 Å². The van der Waals surface area contributed by atoms with Crippen LogP contribution in [0.5, 0.6) is 0 Å². The first kappa shape index (κ1) is 27.8. The molecule has 1 heterocycles. The van der Waals surface area contributed by atoms with Gasteiger partial charge >= 0.3 is 12.1 Å². The summed E-state index contributed by atoms with van der Waals surface area (Å²) < 4.78 is 65.2. The van der Waals surface area contributed by atoms with E-state index in [-0.39, 0.29) is 36.4 Å². The summed E-state index contributed by atoms with van der Waals surface area (Å²) in [4.78, 5) is 12.6. The minimum atomic E-state index is -4.97. The summed E-state index contributed by atoms with van der Waals surface area (Å²) in [5.41, 5.74) is -1.88. The van der Waals surface area contributed by atoms with Crippen LogP contribution in [0.2, 0.25) is 16.6 Å². The minimum Gasteiger partial charge on any atom is -0.464 e. The van der Waals surface area contributed by atoms with Gasteiger partial charge in [-0.1, -0.05) is 71.9 Å². The Balaban J connectivity index is 2.37. The molecule has 1 aromatic carbocycles. The Morgan fingerprint density at radius 1 is 1.06 bits per heavy atom. The van der Waals surface area contributed by atoms with Gasteiger partial charge in [0.05, 0.1) is 25.7 Å². The first-order valence-corrected chi connectivity index (χ1v) is 13.7. The van der Waals surface area contributed by atoms with E-state index < -0.39 is 38.3 Å². The normalized spacial score (nSPS) is 23.8. The summed E-state index contributed by atoms with van der Waals surface area (Å²) in [6, 6.07) is 9.13. The third kappa shape index (κ3) is 5.31. The van der Waals surface area contributed by atoms with Gasteiger partial charge in [0.15, 0.2) is 6.29 Å². The summed E-state index contributed by atoms with van der Waals surface area (Å²) in [5, 5.41) is 0. The van der Waals surface area contributed by atoms with E-state index in [1.165, 1.54) is 6.92 Å². The Morgan fingerprint density at radius 2 is 1.61 bits per heavy atom. The molecule has 0 amide bonds. The molecule has 2 rings (SSSR count). The summed E-state index contributed by atoms with van der Waals surface area (Å²) in [7, 11) is -2.58. The zero-order valence-corrected chi connectivity index (χ0v) is 21.6. The molecule has 0 aliphatic carbocycles. The van der Waals surface area contributed by atoms with Gasteiger partial charge in [-0.15, -0.1) is 0 Å². The first-order valence-electron chi connectivity index (χ1n) is 11.6. The number of rotatable bonds is 11. The fraction of sp³-hybridized carbons (Fsp3) is 0.708. The molecule has 1 saturated heterocycles. The van der Waals surface area contributed by atoms with Crippen molar-refractivity contribution in [2.24, 2.45) is 5.92 Å². The van der Waals surface area contributed by atoms with Crippen LogP contribution in [0.4, 0.5) is 13.2 Å². The van der Waals surface area contributed by atoms with Crippen molar-refractivity contribution in [1.82, 2.24) is 0 Å². The van der Waals surface area contributed by atoms with Crippen molar-refractivity contribution >= 4 is 14.3 Å². The maximum Gasteiger partial charge on any atom is 0.429 e. The second kappa shape index (κ2) is 10.9. The fourth-order valence-electron chi connectivity index (χ4n) is 5.09. The smallest absolute Gasteiger partial charge is 0.429 e. The van der Waals surface area contributed by atoms with Gasteiger partial charge in [-0.25, -0.2) is 4.79 Å². The molecule has 0 radical (unpaired) electrons. The SMILES string of the molecule is CCOC(=O)[C@@]1(C(F)(F)F)O[C@H](O[Si](C(C)C)(C(C)C)C(C)C)[C@@H]1COCc1ccccc1. The lowest BCUT2D eigenvalue weighted by Gasteiger charge is -2.56. The Kier molecular flexibility index (Phi) is 9.17. The van der Waals surface area contributed by atoms with Gasteiger partial charge in [0, 0.05) is 0 Å². The predicted molar refractivity (Wildman–Crippen MR) is 122 cm³/mol. The molecule has 33 heavy (non-hydrogen) atoms. The van der Waals surface area contributed by atoms with E-state index in [1.807, 2.05) is 71.9 Å². The van der Waals surface area contributed by atoms with Crippen LogP contribution in [0.1, 0.15) is 54.0 Å². The van der Waals surface area contributed by atoms with Crippen molar-refractivity contribution < 1.29 is 36.6 Å². The van der Waals surface area contributed by atoms with Gasteiger partial charge in [0.25, 0.3) is 5.60 Å². The maximum atomic E-state index is 14.3. The molecule has 0 spiro atoms. The summed E-state index contributed by atoms with van der Waals surface area (Å²) in [6.07, 6.45) is -6.18. The molecule has 0 saturated carbocycles. The first-order chi connectivity index (χ1) is 15.3. The molecule has 5 nitrogen and oxygen atoms in total. The van der Waals surface area contributed by atoms with E-state index in [4.69, 9.17) is 18.6 Å². The molecule has 9 heteroatoms. The summed E-state index contributed by atoms with van der Waals surface area (Å²) in [5.74, 6) is -2.82. The highest BCUT2D eigenvalue weighted by molar-refractivity contribution is 6.77. The molecule has 1 aromatic rings. The van der Waals surface area contributed by atoms with Crippen LogP contribution in [-0.4, -0.2) is 45.6 Å². The van der Waals surface area contributed by atoms with E-state index in [9.17, 15) is 18.0 Å². The van der Waals surface area contributed by atoms with E-state index >= 15 is 0 Å². The maximum absolute atomic E-state index is 14.3. The lowest BCUT2D eigenvalue weighted by atomic mass is 9.80. The number of hydrogen-bond acceptors (Lipinski definition) is 5. The number of hydrogen-bond donors (Lipinski definition) is 0. The van der Waals surface area contributed by atoms with Gasteiger partial charge in [-0.3, -0.25) is 0 Å². The molecule has 1 fully saturated rings. The molecule has 1 aliphatic heterocycles. The van der Waals surface area contributed by atoms with Crippen LogP contribution in [0.25, 0.3) is 0 Å². The quantitative estimate of drug-likeness (QED) is 0.272. The van der Waals surface area contributed by atoms with Crippen LogP contribution in [0.3, 0.4) is 0 Å². The van der Waals surface area contributed by atoms with Crippen molar-refractivity contribution in [2.45, 2.75) is 89.8 Å². The fourth-order valence-corrected chi connectivity index (χ4v) is 10.5. The Hall–Kier alpha value is -1.42. The number of halogens is 3. The molecule has 0 unspecified atom stereocenters. The second-order valence-corrected chi connectivity index (χ2v) is 14.9. The lowest BCUT2D eigenvalue weighted by molar-refractivity contribution is -0.412. The van der Waals surface area contributed by atoms with Crippen molar-refractivity contribution in [1.29, 1.82) is 0 Å². The average molecular weight is 491 g/mol.